The normalized spacial score (nSPS) is 22.6. The van der Waals surface area contributed by atoms with Gasteiger partial charge >= 0.3 is 6.03 Å². The summed E-state index contributed by atoms with van der Waals surface area (Å²) in [6.45, 7) is 1.81. The molecular weight excluding hydrogens is 404 g/mol. The highest BCUT2D eigenvalue weighted by molar-refractivity contribution is 6.10. The molecule has 5 rings (SSSR count). The molecule has 32 heavy (non-hydrogen) atoms. The number of anilines is 2. The first-order valence-corrected chi connectivity index (χ1v) is 11.4. The number of piperidine rings is 1. The highest BCUT2D eigenvalue weighted by atomic mass is 16.2. The lowest BCUT2D eigenvalue weighted by atomic mass is 9.76. The largest absolute Gasteiger partial charge is 0.372 e. The number of fused-ring (bicyclic) bond motifs is 2. The zero-order valence-electron chi connectivity index (χ0n) is 18.1. The molecule has 2 saturated heterocycles. The first-order chi connectivity index (χ1) is 15.6. The van der Waals surface area contributed by atoms with Crippen molar-refractivity contribution in [3.05, 3.63) is 59.7 Å². The molecule has 0 saturated carbocycles. The Morgan fingerprint density at radius 1 is 0.969 bits per heavy atom. The zero-order chi connectivity index (χ0) is 22.1. The first-order valence-electron chi connectivity index (χ1n) is 11.4. The number of carbonyl (C=O) groups is 3. The second kappa shape index (κ2) is 8.30. The molecule has 0 bridgehead atoms. The maximum Gasteiger partial charge on any atom is 0.325 e. The fourth-order valence-electron chi connectivity index (χ4n) is 5.21. The molecule has 1 atom stereocenters. The minimum Gasteiger partial charge on any atom is -0.372 e. The van der Waals surface area contributed by atoms with Gasteiger partial charge in [0.1, 0.15) is 12.1 Å². The van der Waals surface area contributed by atoms with E-state index in [4.69, 9.17) is 0 Å². The van der Waals surface area contributed by atoms with E-state index in [1.165, 1.54) is 19.3 Å². The fourth-order valence-corrected chi connectivity index (χ4v) is 5.21. The standard InChI is InChI=1S/C25H28N4O3/c30-22(26-19-10-12-20(13-11-19)28-15-4-1-5-16-28)17-29-23(31)25(27-24(29)32)14-6-8-18-7-2-3-9-21(18)25/h2-3,7,9-13H,1,4-6,8,14-17H2,(H,26,30)(H,27,32). The molecule has 166 valence electrons. The number of nitrogens with one attached hydrogen (secondary N) is 2. The average molecular weight is 433 g/mol. The Morgan fingerprint density at radius 3 is 2.50 bits per heavy atom. The van der Waals surface area contributed by atoms with Crippen LogP contribution in [0.4, 0.5) is 16.2 Å². The third kappa shape index (κ3) is 3.61. The van der Waals surface area contributed by atoms with Crippen LogP contribution in [0.2, 0.25) is 0 Å². The maximum absolute atomic E-state index is 13.3. The van der Waals surface area contributed by atoms with Crippen LogP contribution in [0.1, 0.15) is 43.2 Å². The van der Waals surface area contributed by atoms with Crippen molar-refractivity contribution in [2.24, 2.45) is 0 Å². The summed E-state index contributed by atoms with van der Waals surface area (Å²) in [4.78, 5) is 42.1. The summed E-state index contributed by atoms with van der Waals surface area (Å²) in [5.41, 5.74) is 2.67. The second-order valence-corrected chi connectivity index (χ2v) is 8.88. The van der Waals surface area contributed by atoms with Gasteiger partial charge in [-0.05, 0) is 73.9 Å². The smallest absolute Gasteiger partial charge is 0.325 e. The van der Waals surface area contributed by atoms with Crippen molar-refractivity contribution in [2.45, 2.75) is 44.1 Å². The van der Waals surface area contributed by atoms with Crippen LogP contribution in [0.15, 0.2) is 48.5 Å². The minimum absolute atomic E-state index is 0.303. The molecule has 2 N–H and O–H groups in total. The van der Waals surface area contributed by atoms with Crippen molar-refractivity contribution in [1.82, 2.24) is 10.2 Å². The van der Waals surface area contributed by atoms with Gasteiger partial charge in [0.15, 0.2) is 0 Å². The van der Waals surface area contributed by atoms with Gasteiger partial charge in [-0.25, -0.2) is 4.79 Å². The molecule has 2 aliphatic heterocycles. The molecule has 7 heteroatoms. The van der Waals surface area contributed by atoms with Gasteiger partial charge < -0.3 is 15.5 Å². The molecule has 0 aromatic heterocycles. The van der Waals surface area contributed by atoms with Gasteiger partial charge in [0.2, 0.25) is 5.91 Å². The number of benzene rings is 2. The molecule has 3 aliphatic rings. The third-order valence-corrected chi connectivity index (χ3v) is 6.82. The summed E-state index contributed by atoms with van der Waals surface area (Å²) in [6, 6.07) is 15.0. The molecule has 1 aliphatic carbocycles. The fraction of sp³-hybridized carbons (Fsp3) is 0.400. The van der Waals surface area contributed by atoms with Crippen LogP contribution in [0.5, 0.6) is 0 Å². The number of rotatable bonds is 4. The van der Waals surface area contributed by atoms with Crippen molar-refractivity contribution in [3.63, 3.8) is 0 Å². The number of urea groups is 1. The summed E-state index contributed by atoms with van der Waals surface area (Å²) in [5, 5.41) is 5.71. The van der Waals surface area contributed by atoms with E-state index in [2.05, 4.69) is 15.5 Å². The molecular formula is C25H28N4O3. The van der Waals surface area contributed by atoms with Crippen LogP contribution in [0, 0.1) is 0 Å². The van der Waals surface area contributed by atoms with Crippen molar-refractivity contribution in [3.8, 4) is 0 Å². The number of hydrogen-bond acceptors (Lipinski definition) is 4. The molecule has 2 fully saturated rings. The van der Waals surface area contributed by atoms with Gasteiger partial charge in [0.25, 0.3) is 5.91 Å². The Morgan fingerprint density at radius 2 is 1.72 bits per heavy atom. The Kier molecular flexibility index (Phi) is 5.33. The van der Waals surface area contributed by atoms with E-state index in [1.807, 2.05) is 48.5 Å². The van der Waals surface area contributed by atoms with Gasteiger partial charge in [-0.2, -0.15) is 0 Å². The van der Waals surface area contributed by atoms with E-state index < -0.39 is 11.6 Å². The molecule has 2 aromatic carbocycles. The predicted octanol–water partition coefficient (Wildman–Crippen LogP) is 3.40. The van der Waals surface area contributed by atoms with Crippen LogP contribution >= 0.6 is 0 Å². The monoisotopic (exact) mass is 432 g/mol. The first kappa shape index (κ1) is 20.5. The van der Waals surface area contributed by atoms with Crippen molar-refractivity contribution in [2.75, 3.05) is 29.9 Å². The highest BCUT2D eigenvalue weighted by Gasteiger charge is 2.54. The van der Waals surface area contributed by atoms with Crippen molar-refractivity contribution < 1.29 is 14.4 Å². The SMILES string of the molecule is O=C(CN1C(=O)NC2(CCCc3ccccc32)C1=O)Nc1ccc(N2CCCCC2)cc1. The summed E-state index contributed by atoms with van der Waals surface area (Å²) in [5.74, 6) is -0.731. The van der Waals surface area contributed by atoms with E-state index in [9.17, 15) is 14.4 Å². The number of amides is 4. The Bertz CT molecular complexity index is 1050. The molecule has 2 heterocycles. The second-order valence-electron chi connectivity index (χ2n) is 8.88. The van der Waals surface area contributed by atoms with Gasteiger partial charge in [-0.1, -0.05) is 24.3 Å². The molecule has 1 spiro atoms. The molecule has 1 unspecified atom stereocenters. The minimum atomic E-state index is -1.05. The topological polar surface area (TPSA) is 81.8 Å². The summed E-state index contributed by atoms with van der Waals surface area (Å²) >= 11 is 0. The average Bonchev–Trinajstić information content (AvgIpc) is 3.05. The quantitative estimate of drug-likeness (QED) is 0.726. The molecule has 0 radical (unpaired) electrons. The third-order valence-electron chi connectivity index (χ3n) is 6.82. The number of carbonyl (C=O) groups excluding carboxylic acids is 3. The summed E-state index contributed by atoms with van der Waals surface area (Å²) in [7, 11) is 0. The maximum atomic E-state index is 13.3. The lowest BCUT2D eigenvalue weighted by Crippen LogP contribution is -2.47. The van der Waals surface area contributed by atoms with E-state index in [0.29, 0.717) is 12.1 Å². The summed E-state index contributed by atoms with van der Waals surface area (Å²) < 4.78 is 0. The lowest BCUT2D eigenvalue weighted by Gasteiger charge is -2.33. The Hall–Kier alpha value is -3.35. The number of hydrogen-bond donors (Lipinski definition) is 2. The highest BCUT2D eigenvalue weighted by Crippen LogP contribution is 2.39. The van der Waals surface area contributed by atoms with Crippen LogP contribution in [0.3, 0.4) is 0 Å². The van der Waals surface area contributed by atoms with Crippen LogP contribution in [-0.4, -0.2) is 42.4 Å². The number of aryl methyl sites for hydroxylation is 1. The lowest BCUT2D eigenvalue weighted by molar-refractivity contribution is -0.134. The summed E-state index contributed by atoms with van der Waals surface area (Å²) in [6.07, 6.45) is 5.93. The van der Waals surface area contributed by atoms with Gasteiger partial charge in [0, 0.05) is 24.5 Å². The Balaban J connectivity index is 1.26. The van der Waals surface area contributed by atoms with Crippen LogP contribution < -0.4 is 15.5 Å². The van der Waals surface area contributed by atoms with E-state index in [0.717, 1.165) is 47.6 Å². The van der Waals surface area contributed by atoms with Crippen LogP contribution in [0.25, 0.3) is 0 Å². The van der Waals surface area contributed by atoms with Crippen molar-refractivity contribution >= 4 is 29.2 Å². The number of imide groups is 1. The van der Waals surface area contributed by atoms with E-state index in [1.54, 1.807) is 0 Å². The molecule has 4 amide bonds. The van der Waals surface area contributed by atoms with Gasteiger partial charge in [-0.15, -0.1) is 0 Å². The predicted molar refractivity (Wildman–Crippen MR) is 122 cm³/mol. The van der Waals surface area contributed by atoms with Gasteiger partial charge in [0.05, 0.1) is 0 Å². The van der Waals surface area contributed by atoms with Crippen LogP contribution in [-0.2, 0) is 21.5 Å². The van der Waals surface area contributed by atoms with Crippen molar-refractivity contribution in [1.29, 1.82) is 0 Å². The Labute approximate surface area is 187 Å². The zero-order valence-corrected chi connectivity index (χ0v) is 18.1. The molecule has 2 aromatic rings. The molecule has 7 nitrogen and oxygen atoms in total. The van der Waals surface area contributed by atoms with Gasteiger partial charge in [-0.3, -0.25) is 14.5 Å². The van der Waals surface area contributed by atoms with E-state index in [-0.39, 0.29) is 18.4 Å². The number of nitrogens with zero attached hydrogens (tertiary/aromatic N) is 2. The van der Waals surface area contributed by atoms with E-state index >= 15 is 0 Å².